The molecule has 0 unspecified atom stereocenters. The number of nitrogens with zero attached hydrogens (tertiary/aromatic N) is 2. The number of carbonyl (C=O) groups excluding carboxylic acids is 1. The lowest BCUT2D eigenvalue weighted by Crippen LogP contribution is -2.38. The van der Waals surface area contributed by atoms with Crippen LogP contribution in [0.2, 0.25) is 0 Å². The number of hydrogen-bond donors (Lipinski definition) is 2. The number of ether oxygens (including phenoxy) is 2. The van der Waals surface area contributed by atoms with Gasteiger partial charge in [-0.25, -0.2) is 9.18 Å². The van der Waals surface area contributed by atoms with Gasteiger partial charge in [0, 0.05) is 43.3 Å². The van der Waals surface area contributed by atoms with Crippen LogP contribution in [0.1, 0.15) is 21.5 Å². The fraction of sp³-hybridized carbons (Fsp3) is 0.242. The average molecular weight is 632 g/mol. The van der Waals surface area contributed by atoms with E-state index in [-0.39, 0.29) is 17.3 Å². The Labute approximate surface area is 263 Å². The van der Waals surface area contributed by atoms with Crippen LogP contribution in [0.3, 0.4) is 0 Å². The molecule has 0 aliphatic carbocycles. The molecule has 0 spiro atoms. The molecule has 0 atom stereocenters. The Kier molecular flexibility index (Phi) is 9.08. The van der Waals surface area contributed by atoms with E-state index in [9.17, 15) is 9.59 Å². The number of aromatic nitrogens is 1. The number of fused-ring (bicyclic) bond motifs is 1. The molecular weight excluding hydrogens is 602 g/mol. The molecule has 226 valence electrons. The topological polar surface area (TPSA) is 95.1 Å². The van der Waals surface area contributed by atoms with Gasteiger partial charge >= 0.3 is 5.97 Å². The zero-order chi connectivity index (χ0) is 30.6. The first-order chi connectivity index (χ1) is 21.4. The van der Waals surface area contributed by atoms with Crippen molar-refractivity contribution < 1.29 is 28.6 Å². The van der Waals surface area contributed by atoms with E-state index in [1.807, 2.05) is 30.3 Å². The lowest BCUT2D eigenvalue weighted by atomic mass is 10.00. The first-order valence-corrected chi connectivity index (χ1v) is 15.5. The number of aromatic amines is 1. The van der Waals surface area contributed by atoms with Crippen LogP contribution < -0.4 is 4.74 Å². The maximum atomic E-state index is 15.0. The monoisotopic (exact) mass is 631 g/mol. The SMILES string of the molecule is O=C(O)c1ccc(CCN2C(=O)/C(=C/c3ccc(OCCN4CCOCC4)c(-c4cc(F)c5[nH]ccc5c4)c3)SC2=S)cc1. The van der Waals surface area contributed by atoms with Crippen LogP contribution in [0.25, 0.3) is 28.1 Å². The first kappa shape index (κ1) is 30.0. The molecule has 2 aliphatic heterocycles. The number of aromatic carboxylic acids is 1. The zero-order valence-corrected chi connectivity index (χ0v) is 25.4. The fourth-order valence-electron chi connectivity index (χ4n) is 5.28. The molecule has 2 saturated heterocycles. The van der Waals surface area contributed by atoms with Crippen molar-refractivity contribution in [3.05, 3.63) is 94.3 Å². The van der Waals surface area contributed by atoms with Crippen LogP contribution in [0, 0.1) is 5.82 Å². The van der Waals surface area contributed by atoms with Gasteiger partial charge in [-0.3, -0.25) is 14.6 Å². The minimum absolute atomic E-state index is 0.186. The van der Waals surface area contributed by atoms with Crippen LogP contribution in [0.15, 0.2) is 71.8 Å². The number of amides is 1. The van der Waals surface area contributed by atoms with Crippen LogP contribution in [0.5, 0.6) is 5.75 Å². The Balaban J connectivity index is 1.22. The van der Waals surface area contributed by atoms with E-state index in [0.29, 0.717) is 58.8 Å². The second kappa shape index (κ2) is 13.3. The quantitative estimate of drug-likeness (QED) is 0.167. The van der Waals surface area contributed by atoms with Crippen molar-refractivity contribution in [1.82, 2.24) is 14.8 Å². The molecule has 1 amide bonds. The third-order valence-corrected chi connectivity index (χ3v) is 9.07. The largest absolute Gasteiger partial charge is 0.492 e. The number of thioether (sulfide) groups is 1. The average Bonchev–Trinajstić information content (AvgIpc) is 3.61. The summed E-state index contributed by atoms with van der Waals surface area (Å²) in [7, 11) is 0. The van der Waals surface area contributed by atoms with Crippen LogP contribution in [-0.2, 0) is 16.0 Å². The molecule has 4 aromatic rings. The van der Waals surface area contributed by atoms with Gasteiger partial charge < -0.3 is 19.6 Å². The summed E-state index contributed by atoms with van der Waals surface area (Å²) in [5.74, 6) is -0.893. The van der Waals surface area contributed by atoms with Crippen LogP contribution in [-0.4, -0.2) is 82.1 Å². The van der Waals surface area contributed by atoms with Gasteiger partial charge in [-0.1, -0.05) is 42.2 Å². The Morgan fingerprint density at radius 3 is 2.66 bits per heavy atom. The molecule has 0 saturated carbocycles. The highest BCUT2D eigenvalue weighted by molar-refractivity contribution is 8.26. The normalized spacial score (nSPS) is 16.8. The van der Waals surface area contributed by atoms with Crippen molar-refractivity contribution in [2.45, 2.75) is 6.42 Å². The highest BCUT2D eigenvalue weighted by atomic mass is 32.2. The maximum absolute atomic E-state index is 15.0. The maximum Gasteiger partial charge on any atom is 0.335 e. The summed E-state index contributed by atoms with van der Waals surface area (Å²) in [6.07, 6.45) is 4.04. The van der Waals surface area contributed by atoms with Crippen molar-refractivity contribution in [3.63, 3.8) is 0 Å². The second-order valence-corrected chi connectivity index (χ2v) is 12.2. The number of nitrogens with one attached hydrogen (secondary N) is 1. The number of thiocarbonyl (C=S) groups is 1. The molecule has 2 aliphatic rings. The summed E-state index contributed by atoms with van der Waals surface area (Å²) in [4.78, 5) is 31.8. The Bertz CT molecular complexity index is 1750. The summed E-state index contributed by atoms with van der Waals surface area (Å²) >= 11 is 6.77. The predicted molar refractivity (Wildman–Crippen MR) is 173 cm³/mol. The number of rotatable bonds is 10. The molecule has 0 bridgehead atoms. The highest BCUT2D eigenvalue weighted by Gasteiger charge is 2.31. The van der Waals surface area contributed by atoms with Crippen molar-refractivity contribution in [2.75, 3.05) is 46.0 Å². The summed E-state index contributed by atoms with van der Waals surface area (Å²) in [5.41, 5.74) is 3.73. The molecule has 3 heterocycles. The lowest BCUT2D eigenvalue weighted by Gasteiger charge is -2.26. The minimum atomic E-state index is -0.982. The number of benzene rings is 3. The van der Waals surface area contributed by atoms with E-state index < -0.39 is 5.97 Å². The van der Waals surface area contributed by atoms with Crippen LogP contribution >= 0.6 is 24.0 Å². The van der Waals surface area contributed by atoms with Gasteiger partial charge in [0.1, 0.15) is 22.5 Å². The first-order valence-electron chi connectivity index (χ1n) is 14.3. The highest BCUT2D eigenvalue weighted by Crippen LogP contribution is 2.37. The Morgan fingerprint density at radius 2 is 1.89 bits per heavy atom. The molecule has 11 heteroatoms. The van der Waals surface area contributed by atoms with Crippen LogP contribution in [0.4, 0.5) is 4.39 Å². The summed E-state index contributed by atoms with van der Waals surface area (Å²) in [6.45, 7) is 4.75. The molecule has 2 N–H and O–H groups in total. The number of H-pyrrole nitrogens is 1. The Morgan fingerprint density at radius 1 is 1.09 bits per heavy atom. The van der Waals surface area contributed by atoms with Gasteiger partial charge in [0.15, 0.2) is 0 Å². The van der Waals surface area contributed by atoms with Gasteiger partial charge in [-0.2, -0.15) is 0 Å². The molecule has 44 heavy (non-hydrogen) atoms. The molecule has 0 radical (unpaired) electrons. The zero-order valence-electron chi connectivity index (χ0n) is 23.8. The number of carboxylic acids is 1. The molecule has 8 nitrogen and oxygen atoms in total. The van der Waals surface area contributed by atoms with Gasteiger partial charge in [0.2, 0.25) is 0 Å². The standard InChI is InChI=1S/C33H30FN3O5S2/c34-27-20-25(19-24-7-9-35-30(24)27)26-17-22(3-6-28(26)42-16-13-36-11-14-41-15-12-36)18-29-31(38)37(33(43)44-29)10-8-21-1-4-23(5-2-21)32(39)40/h1-7,9,17-20,35H,8,10-16H2,(H,39,40)/b29-18-. The molecule has 6 rings (SSSR count). The van der Waals surface area contributed by atoms with Crippen molar-refractivity contribution in [1.29, 1.82) is 0 Å². The molecule has 2 fully saturated rings. The smallest absolute Gasteiger partial charge is 0.335 e. The van der Waals surface area contributed by atoms with Gasteiger partial charge in [0.25, 0.3) is 5.91 Å². The van der Waals surface area contributed by atoms with E-state index in [0.717, 1.165) is 41.7 Å². The number of carboxylic acid groups (broad SMARTS) is 1. The molecule has 3 aromatic carbocycles. The van der Waals surface area contributed by atoms with E-state index in [1.54, 1.807) is 41.4 Å². The number of morpholine rings is 1. The molecular formula is C33H30FN3O5S2. The van der Waals surface area contributed by atoms with Crippen molar-refractivity contribution >= 4 is 57.2 Å². The van der Waals surface area contributed by atoms with E-state index in [4.69, 9.17) is 26.8 Å². The van der Waals surface area contributed by atoms with Gasteiger partial charge in [0.05, 0.1) is 29.2 Å². The summed E-state index contributed by atoms with van der Waals surface area (Å²) in [6, 6.07) is 17.5. The lowest BCUT2D eigenvalue weighted by molar-refractivity contribution is -0.122. The third kappa shape index (κ3) is 6.71. The van der Waals surface area contributed by atoms with Gasteiger partial charge in [-0.15, -0.1) is 0 Å². The van der Waals surface area contributed by atoms with E-state index in [1.165, 1.54) is 17.8 Å². The predicted octanol–water partition coefficient (Wildman–Crippen LogP) is 5.83. The number of halogens is 1. The minimum Gasteiger partial charge on any atom is -0.492 e. The van der Waals surface area contributed by atoms with Crippen molar-refractivity contribution in [3.8, 4) is 16.9 Å². The Hall–Kier alpha value is -4.03. The van der Waals surface area contributed by atoms with Gasteiger partial charge in [-0.05, 0) is 71.7 Å². The van der Waals surface area contributed by atoms with Crippen molar-refractivity contribution in [2.24, 2.45) is 0 Å². The summed E-state index contributed by atoms with van der Waals surface area (Å²) < 4.78 is 27.1. The van der Waals surface area contributed by atoms with E-state index in [2.05, 4.69) is 9.88 Å². The molecule has 1 aromatic heterocycles. The number of carbonyl (C=O) groups is 2. The number of hydrogen-bond acceptors (Lipinski definition) is 7. The fourth-order valence-corrected chi connectivity index (χ4v) is 6.59. The second-order valence-electron chi connectivity index (χ2n) is 10.5. The van der Waals surface area contributed by atoms with E-state index >= 15 is 4.39 Å². The third-order valence-electron chi connectivity index (χ3n) is 7.69. The summed E-state index contributed by atoms with van der Waals surface area (Å²) in [5, 5.41) is 9.87.